The number of rotatable bonds is 7. The van der Waals surface area contributed by atoms with Gasteiger partial charge in [-0.25, -0.2) is 4.79 Å². The Hall–Kier alpha value is -3.01. The molecule has 0 aliphatic heterocycles. The number of thiophene rings is 1. The number of carbonyl (C=O) groups is 3. The zero-order chi connectivity index (χ0) is 22.7. The van der Waals surface area contributed by atoms with Gasteiger partial charge in [0.05, 0.1) is 22.6 Å². The first-order valence-electron chi connectivity index (χ1n) is 8.71. The van der Waals surface area contributed by atoms with Crippen molar-refractivity contribution in [2.45, 2.75) is 13.5 Å². The molecule has 0 aliphatic rings. The van der Waals surface area contributed by atoms with Gasteiger partial charge in [-0.1, -0.05) is 29.3 Å². The SMILES string of the molecule is COC(=O)c1c(NC(=O)c2ccc(COc3cccc(Cl)c3Cl)o2)sc(C(N)=O)c1C. The van der Waals surface area contributed by atoms with E-state index in [-0.39, 0.29) is 32.8 Å². The van der Waals surface area contributed by atoms with Crippen molar-refractivity contribution in [3.8, 4) is 5.75 Å². The van der Waals surface area contributed by atoms with Gasteiger partial charge in [-0.05, 0) is 36.8 Å². The second kappa shape index (κ2) is 9.42. The van der Waals surface area contributed by atoms with Gasteiger partial charge in [0.15, 0.2) is 5.76 Å². The number of anilines is 1. The molecule has 8 nitrogen and oxygen atoms in total. The van der Waals surface area contributed by atoms with Crippen LogP contribution in [0.1, 0.15) is 41.9 Å². The lowest BCUT2D eigenvalue weighted by molar-refractivity contribution is 0.0601. The van der Waals surface area contributed by atoms with Crippen molar-refractivity contribution in [3.63, 3.8) is 0 Å². The lowest BCUT2D eigenvalue weighted by Gasteiger charge is -2.07. The Balaban J connectivity index is 1.76. The van der Waals surface area contributed by atoms with E-state index in [2.05, 4.69) is 5.32 Å². The monoisotopic (exact) mass is 482 g/mol. The highest BCUT2D eigenvalue weighted by Crippen LogP contribution is 2.34. The molecule has 2 amide bonds. The summed E-state index contributed by atoms with van der Waals surface area (Å²) in [6.45, 7) is 1.55. The van der Waals surface area contributed by atoms with Crippen LogP contribution in [0.5, 0.6) is 5.75 Å². The van der Waals surface area contributed by atoms with Gasteiger partial charge in [-0.3, -0.25) is 9.59 Å². The molecule has 0 saturated heterocycles. The topological polar surface area (TPSA) is 121 Å². The summed E-state index contributed by atoms with van der Waals surface area (Å²) in [6.07, 6.45) is 0. The Labute approximate surface area is 190 Å². The van der Waals surface area contributed by atoms with Crippen LogP contribution in [0.25, 0.3) is 0 Å². The zero-order valence-corrected chi connectivity index (χ0v) is 18.6. The third-order valence-corrected chi connectivity index (χ3v) is 6.18. The van der Waals surface area contributed by atoms with Crippen LogP contribution >= 0.6 is 34.5 Å². The number of halogens is 2. The summed E-state index contributed by atoms with van der Waals surface area (Å²) in [6, 6.07) is 7.97. The average molecular weight is 483 g/mol. The molecular weight excluding hydrogens is 467 g/mol. The van der Waals surface area contributed by atoms with Crippen molar-refractivity contribution < 1.29 is 28.3 Å². The number of nitrogens with one attached hydrogen (secondary N) is 1. The first kappa shape index (κ1) is 22.7. The Kier molecular flexibility index (Phi) is 6.89. The molecule has 0 spiro atoms. The zero-order valence-electron chi connectivity index (χ0n) is 16.3. The van der Waals surface area contributed by atoms with E-state index in [1.807, 2.05) is 0 Å². The molecule has 0 fully saturated rings. The highest BCUT2D eigenvalue weighted by atomic mass is 35.5. The van der Waals surface area contributed by atoms with Crippen molar-refractivity contribution in [2.75, 3.05) is 12.4 Å². The predicted molar refractivity (Wildman–Crippen MR) is 116 cm³/mol. The van der Waals surface area contributed by atoms with Crippen LogP contribution in [0.3, 0.4) is 0 Å². The highest BCUT2D eigenvalue weighted by molar-refractivity contribution is 7.18. The predicted octanol–water partition coefficient (Wildman–Crippen LogP) is 4.67. The number of esters is 1. The normalized spacial score (nSPS) is 10.6. The van der Waals surface area contributed by atoms with Crippen molar-refractivity contribution in [2.24, 2.45) is 5.73 Å². The summed E-state index contributed by atoms with van der Waals surface area (Å²) in [7, 11) is 1.19. The van der Waals surface area contributed by atoms with Crippen molar-refractivity contribution in [3.05, 3.63) is 67.9 Å². The Morgan fingerprint density at radius 1 is 1.19 bits per heavy atom. The second-order valence-corrected chi connectivity index (χ2v) is 7.98. The van der Waals surface area contributed by atoms with Gasteiger partial charge in [0, 0.05) is 0 Å². The molecule has 2 heterocycles. The van der Waals surface area contributed by atoms with Gasteiger partial charge in [0.25, 0.3) is 11.8 Å². The Morgan fingerprint density at radius 2 is 1.94 bits per heavy atom. The van der Waals surface area contributed by atoms with Gasteiger partial charge < -0.3 is 24.9 Å². The third kappa shape index (κ3) is 4.84. The molecule has 162 valence electrons. The first-order valence-corrected chi connectivity index (χ1v) is 10.3. The molecule has 31 heavy (non-hydrogen) atoms. The molecule has 0 bridgehead atoms. The molecule has 2 aromatic heterocycles. The van der Waals surface area contributed by atoms with Crippen LogP contribution in [0.15, 0.2) is 34.7 Å². The van der Waals surface area contributed by atoms with E-state index in [9.17, 15) is 14.4 Å². The molecule has 0 aliphatic carbocycles. The fourth-order valence-electron chi connectivity index (χ4n) is 2.67. The number of primary amides is 1. The van der Waals surface area contributed by atoms with Crippen LogP contribution in [0.4, 0.5) is 5.00 Å². The maximum absolute atomic E-state index is 12.6. The summed E-state index contributed by atoms with van der Waals surface area (Å²) < 4.78 is 15.8. The minimum atomic E-state index is -0.717. The van der Waals surface area contributed by atoms with Gasteiger partial charge in [-0.15, -0.1) is 11.3 Å². The third-order valence-electron chi connectivity index (χ3n) is 4.16. The fourth-order valence-corrected chi connectivity index (χ4v) is 4.06. The summed E-state index contributed by atoms with van der Waals surface area (Å²) in [5, 5.41) is 3.30. The van der Waals surface area contributed by atoms with Crippen molar-refractivity contribution in [1.82, 2.24) is 0 Å². The van der Waals surface area contributed by atoms with E-state index >= 15 is 0 Å². The van der Waals surface area contributed by atoms with Crippen LogP contribution in [-0.4, -0.2) is 24.9 Å². The van der Waals surface area contributed by atoms with E-state index in [1.54, 1.807) is 31.2 Å². The van der Waals surface area contributed by atoms with E-state index in [0.29, 0.717) is 22.1 Å². The summed E-state index contributed by atoms with van der Waals surface area (Å²) in [5.74, 6) is -1.36. The minimum Gasteiger partial charge on any atom is -0.484 e. The van der Waals surface area contributed by atoms with Gasteiger partial charge in [0.1, 0.15) is 28.1 Å². The summed E-state index contributed by atoms with van der Waals surface area (Å²) >= 11 is 12.9. The number of methoxy groups -OCH3 is 1. The number of amides is 2. The quantitative estimate of drug-likeness (QED) is 0.471. The maximum atomic E-state index is 12.6. The van der Waals surface area contributed by atoms with Gasteiger partial charge in [-0.2, -0.15) is 0 Å². The molecule has 0 radical (unpaired) electrons. The molecule has 11 heteroatoms. The molecule has 3 rings (SSSR count). The van der Waals surface area contributed by atoms with Crippen molar-refractivity contribution >= 4 is 57.3 Å². The number of nitrogens with two attached hydrogens (primary N) is 1. The molecule has 1 aromatic carbocycles. The molecule has 3 N–H and O–H groups in total. The average Bonchev–Trinajstić information content (AvgIpc) is 3.33. The smallest absolute Gasteiger partial charge is 0.341 e. The van der Waals surface area contributed by atoms with E-state index in [1.165, 1.54) is 13.2 Å². The van der Waals surface area contributed by atoms with Crippen LogP contribution in [0, 0.1) is 6.92 Å². The molecule has 0 atom stereocenters. The van der Waals surface area contributed by atoms with Crippen molar-refractivity contribution in [1.29, 1.82) is 0 Å². The summed E-state index contributed by atoms with van der Waals surface area (Å²) in [4.78, 5) is 36.5. The van der Waals surface area contributed by atoms with E-state index in [0.717, 1.165) is 11.3 Å². The number of hydrogen-bond donors (Lipinski definition) is 2. The number of carbonyl (C=O) groups excluding carboxylic acids is 3. The van der Waals surface area contributed by atoms with E-state index in [4.69, 9.17) is 42.8 Å². The van der Waals surface area contributed by atoms with Crippen LogP contribution < -0.4 is 15.8 Å². The number of benzene rings is 1. The maximum Gasteiger partial charge on any atom is 0.341 e. The van der Waals surface area contributed by atoms with Gasteiger partial charge >= 0.3 is 5.97 Å². The molecule has 0 unspecified atom stereocenters. The lowest BCUT2D eigenvalue weighted by atomic mass is 10.1. The Bertz CT molecular complexity index is 1170. The number of furan rings is 1. The summed E-state index contributed by atoms with van der Waals surface area (Å²) in [5.41, 5.74) is 5.72. The molecular formula is C20H16Cl2N2O6S. The highest BCUT2D eigenvalue weighted by Gasteiger charge is 2.26. The lowest BCUT2D eigenvalue weighted by Crippen LogP contribution is -2.14. The van der Waals surface area contributed by atoms with E-state index < -0.39 is 17.8 Å². The number of ether oxygens (including phenoxy) is 2. The standard InChI is InChI=1S/C20H16Cl2N2O6S/c1-9-14(20(27)28-2)19(31-16(9)17(23)25)24-18(26)13-7-6-10(30-13)8-29-12-5-3-4-11(21)15(12)22/h3-7H,8H2,1-2H3,(H2,23,25)(H,24,26). The number of hydrogen-bond acceptors (Lipinski definition) is 7. The minimum absolute atomic E-state index is 0.00465. The second-order valence-electron chi connectivity index (χ2n) is 6.18. The molecule has 3 aromatic rings. The van der Waals surface area contributed by atoms with Crippen LogP contribution in [-0.2, 0) is 11.3 Å². The molecule has 0 saturated carbocycles. The Morgan fingerprint density at radius 3 is 2.61 bits per heavy atom. The van der Waals surface area contributed by atoms with Gasteiger partial charge in [0.2, 0.25) is 0 Å². The van der Waals surface area contributed by atoms with Crippen LogP contribution in [0.2, 0.25) is 10.0 Å². The largest absolute Gasteiger partial charge is 0.484 e. The fraction of sp³-hybridized carbons (Fsp3) is 0.150. The first-order chi connectivity index (χ1) is 14.7.